The van der Waals surface area contributed by atoms with E-state index in [0.717, 1.165) is 17.5 Å². The lowest BCUT2D eigenvalue weighted by molar-refractivity contribution is -0.126. The number of rotatable bonds is 9. The number of carbonyl (C=O) groups excluding carboxylic acids is 2. The van der Waals surface area contributed by atoms with E-state index in [-0.39, 0.29) is 12.5 Å². The molecular weight excluding hydrogens is 370 g/mol. The summed E-state index contributed by atoms with van der Waals surface area (Å²) in [5.74, 6) is 0.311. The van der Waals surface area contributed by atoms with Crippen LogP contribution >= 0.6 is 0 Å². The highest BCUT2D eigenvalue weighted by Crippen LogP contribution is 2.28. The van der Waals surface area contributed by atoms with Crippen molar-refractivity contribution in [3.63, 3.8) is 0 Å². The molecule has 0 aliphatic heterocycles. The number of methoxy groups -OCH3 is 1. The summed E-state index contributed by atoms with van der Waals surface area (Å²) >= 11 is 0. The Balaban J connectivity index is 1.89. The van der Waals surface area contributed by atoms with Crippen LogP contribution in [0.1, 0.15) is 38.3 Å². The summed E-state index contributed by atoms with van der Waals surface area (Å²) in [5, 5.41) is 6.66. The highest BCUT2D eigenvalue weighted by molar-refractivity contribution is 6.04. The zero-order valence-corrected chi connectivity index (χ0v) is 17.2. The lowest BCUT2D eigenvalue weighted by Gasteiger charge is -2.13. The third kappa shape index (κ3) is 6.95. The molecule has 7 nitrogen and oxygen atoms in total. The first kappa shape index (κ1) is 21.9. The molecule has 0 aromatic heterocycles. The molecule has 29 heavy (non-hydrogen) atoms. The van der Waals surface area contributed by atoms with Crippen molar-refractivity contribution in [3.05, 3.63) is 53.6 Å². The summed E-state index contributed by atoms with van der Waals surface area (Å²) in [6.45, 7) is 5.87. The maximum absolute atomic E-state index is 12.1. The molecule has 0 bridgehead atoms. The van der Waals surface area contributed by atoms with Crippen LogP contribution in [0, 0.1) is 0 Å². The second kappa shape index (κ2) is 10.8. The third-order valence-electron chi connectivity index (χ3n) is 3.95. The predicted octanol–water partition coefficient (Wildman–Crippen LogP) is 3.52. The smallest absolute Gasteiger partial charge is 0.249 e. The fraction of sp³-hybridized carbons (Fsp3) is 0.318. The van der Waals surface area contributed by atoms with E-state index in [1.807, 2.05) is 45.0 Å². The molecule has 0 saturated heterocycles. The number of amides is 2. The van der Waals surface area contributed by atoms with Crippen LogP contribution in [0.5, 0.6) is 11.5 Å². The summed E-state index contributed by atoms with van der Waals surface area (Å²) < 4.78 is 11.0. The van der Waals surface area contributed by atoms with Crippen molar-refractivity contribution in [2.75, 3.05) is 12.4 Å². The number of anilines is 1. The van der Waals surface area contributed by atoms with Crippen LogP contribution in [0.4, 0.5) is 5.69 Å². The van der Waals surface area contributed by atoms with Crippen LogP contribution in [0.3, 0.4) is 0 Å². The second-order valence-electron chi connectivity index (χ2n) is 6.61. The van der Waals surface area contributed by atoms with Gasteiger partial charge in [-0.05, 0) is 55.7 Å². The minimum absolute atomic E-state index is 0.0261. The topological polar surface area (TPSA) is 89.0 Å². The summed E-state index contributed by atoms with van der Waals surface area (Å²) in [5.41, 5.74) is 4.81. The van der Waals surface area contributed by atoms with E-state index < -0.39 is 11.8 Å². The van der Waals surface area contributed by atoms with Crippen LogP contribution in [0.25, 0.3) is 0 Å². The molecule has 0 heterocycles. The molecule has 7 heteroatoms. The number of hydrazone groups is 1. The van der Waals surface area contributed by atoms with Gasteiger partial charge in [-0.1, -0.05) is 25.1 Å². The lowest BCUT2D eigenvalue weighted by Crippen LogP contribution is -2.25. The Morgan fingerprint density at radius 1 is 1.10 bits per heavy atom. The van der Waals surface area contributed by atoms with Crippen molar-refractivity contribution in [2.24, 2.45) is 5.10 Å². The molecular formula is C22H27N3O4. The first-order chi connectivity index (χ1) is 13.9. The Kier molecular flexibility index (Phi) is 8.21. The maximum Gasteiger partial charge on any atom is 0.249 e. The normalized spacial score (nSPS) is 10.8. The molecule has 0 spiro atoms. The molecule has 154 valence electrons. The Labute approximate surface area is 171 Å². The monoisotopic (exact) mass is 397 g/mol. The van der Waals surface area contributed by atoms with Gasteiger partial charge in [0.1, 0.15) is 6.42 Å². The Hall–Kier alpha value is -3.35. The number of carbonyl (C=O) groups is 2. The van der Waals surface area contributed by atoms with Gasteiger partial charge in [-0.15, -0.1) is 0 Å². The average Bonchev–Trinajstić information content (AvgIpc) is 2.68. The number of ether oxygens (including phenoxy) is 2. The largest absolute Gasteiger partial charge is 0.493 e. The molecule has 2 N–H and O–H groups in total. The SMILES string of the molecule is CCc1ccccc1NC(=O)CC(=O)NN=Cc1ccc(OC(C)C)c(OC)c1. The van der Waals surface area contributed by atoms with Gasteiger partial charge in [0.25, 0.3) is 0 Å². The molecule has 2 aromatic carbocycles. The van der Waals surface area contributed by atoms with E-state index in [0.29, 0.717) is 17.2 Å². The van der Waals surface area contributed by atoms with Gasteiger partial charge in [-0.3, -0.25) is 9.59 Å². The van der Waals surface area contributed by atoms with Gasteiger partial charge in [0, 0.05) is 5.69 Å². The maximum atomic E-state index is 12.1. The average molecular weight is 397 g/mol. The molecule has 0 saturated carbocycles. The number of hydrogen-bond donors (Lipinski definition) is 2. The minimum atomic E-state index is -0.501. The molecule has 0 aliphatic carbocycles. The molecule has 0 atom stereocenters. The van der Waals surface area contributed by atoms with E-state index >= 15 is 0 Å². The highest BCUT2D eigenvalue weighted by atomic mass is 16.5. The molecule has 0 fully saturated rings. The zero-order valence-electron chi connectivity index (χ0n) is 17.2. The van der Waals surface area contributed by atoms with Gasteiger partial charge in [0.05, 0.1) is 19.4 Å². The van der Waals surface area contributed by atoms with Crippen molar-refractivity contribution < 1.29 is 19.1 Å². The fourth-order valence-electron chi connectivity index (χ4n) is 2.62. The summed E-state index contributed by atoms with van der Waals surface area (Å²) in [7, 11) is 1.56. The number of nitrogens with one attached hydrogen (secondary N) is 2. The molecule has 2 amide bonds. The summed E-state index contributed by atoms with van der Waals surface area (Å²) in [4.78, 5) is 24.0. The molecule has 0 radical (unpaired) electrons. The Morgan fingerprint density at radius 2 is 1.86 bits per heavy atom. The predicted molar refractivity (Wildman–Crippen MR) is 114 cm³/mol. The van der Waals surface area contributed by atoms with Gasteiger partial charge < -0.3 is 14.8 Å². The number of aryl methyl sites for hydroxylation is 1. The Morgan fingerprint density at radius 3 is 2.55 bits per heavy atom. The van der Waals surface area contributed by atoms with Crippen molar-refractivity contribution in [1.29, 1.82) is 0 Å². The number of nitrogens with zero attached hydrogens (tertiary/aromatic N) is 1. The summed E-state index contributed by atoms with van der Waals surface area (Å²) in [6, 6.07) is 12.8. The number of hydrogen-bond acceptors (Lipinski definition) is 5. The van der Waals surface area contributed by atoms with Crippen molar-refractivity contribution in [3.8, 4) is 11.5 Å². The minimum Gasteiger partial charge on any atom is -0.493 e. The standard InChI is InChI=1S/C22H27N3O4/c1-5-17-8-6-7-9-18(17)24-21(26)13-22(27)25-23-14-16-10-11-19(29-15(2)3)20(12-16)28-4/h6-12,14-15H,5,13H2,1-4H3,(H,24,26)(H,25,27). The summed E-state index contributed by atoms with van der Waals surface area (Å²) in [6.07, 6.45) is 1.97. The molecule has 2 rings (SSSR count). The van der Waals surface area contributed by atoms with Crippen LogP contribution in [0.2, 0.25) is 0 Å². The van der Waals surface area contributed by atoms with Gasteiger partial charge in [0.15, 0.2) is 11.5 Å². The first-order valence-electron chi connectivity index (χ1n) is 9.47. The van der Waals surface area contributed by atoms with Crippen molar-refractivity contribution in [2.45, 2.75) is 39.7 Å². The molecule has 0 unspecified atom stereocenters. The van der Waals surface area contributed by atoms with Gasteiger partial charge in [-0.25, -0.2) is 5.43 Å². The van der Waals surface area contributed by atoms with E-state index in [4.69, 9.17) is 9.47 Å². The van der Waals surface area contributed by atoms with E-state index in [9.17, 15) is 9.59 Å². The van der Waals surface area contributed by atoms with Crippen LogP contribution in [0.15, 0.2) is 47.6 Å². The van der Waals surface area contributed by atoms with E-state index in [2.05, 4.69) is 15.8 Å². The second-order valence-corrected chi connectivity index (χ2v) is 6.61. The van der Waals surface area contributed by atoms with Crippen LogP contribution < -0.4 is 20.2 Å². The highest BCUT2D eigenvalue weighted by Gasteiger charge is 2.11. The molecule has 0 aliphatic rings. The first-order valence-corrected chi connectivity index (χ1v) is 9.47. The van der Waals surface area contributed by atoms with Crippen molar-refractivity contribution in [1.82, 2.24) is 5.43 Å². The van der Waals surface area contributed by atoms with Crippen LogP contribution in [-0.4, -0.2) is 31.2 Å². The van der Waals surface area contributed by atoms with Crippen molar-refractivity contribution >= 4 is 23.7 Å². The van der Waals surface area contributed by atoms with Gasteiger partial charge in [-0.2, -0.15) is 5.10 Å². The van der Waals surface area contributed by atoms with Gasteiger partial charge >= 0.3 is 0 Å². The molecule has 2 aromatic rings. The third-order valence-corrected chi connectivity index (χ3v) is 3.95. The fourth-order valence-corrected chi connectivity index (χ4v) is 2.62. The zero-order chi connectivity index (χ0) is 21.2. The number of benzene rings is 2. The quantitative estimate of drug-likeness (QED) is 0.385. The van der Waals surface area contributed by atoms with E-state index in [1.54, 1.807) is 25.3 Å². The lowest BCUT2D eigenvalue weighted by atomic mass is 10.1. The number of para-hydroxylation sites is 1. The Bertz CT molecular complexity index is 878. The van der Waals surface area contributed by atoms with Gasteiger partial charge in [0.2, 0.25) is 11.8 Å². The van der Waals surface area contributed by atoms with Crippen LogP contribution in [-0.2, 0) is 16.0 Å². The van der Waals surface area contributed by atoms with E-state index in [1.165, 1.54) is 6.21 Å².